The van der Waals surface area contributed by atoms with Crippen LogP contribution in [0, 0.1) is 0 Å². The second-order valence-electron chi connectivity index (χ2n) is 9.53. The van der Waals surface area contributed by atoms with E-state index in [9.17, 15) is 4.79 Å². The minimum absolute atomic E-state index is 0.0485. The summed E-state index contributed by atoms with van der Waals surface area (Å²) in [6, 6.07) is 33.6. The van der Waals surface area contributed by atoms with Crippen LogP contribution in [0.2, 0.25) is 0 Å². The molecule has 0 amide bonds. The first kappa shape index (κ1) is 22.2. The van der Waals surface area contributed by atoms with Gasteiger partial charge in [0.1, 0.15) is 0 Å². The Balaban J connectivity index is 1.30. The van der Waals surface area contributed by atoms with E-state index in [1.54, 1.807) is 12.3 Å². The third kappa shape index (κ3) is 3.33. The minimum Gasteiger partial charge on any atom is -0.387 e. The lowest BCUT2D eigenvalue weighted by Gasteiger charge is -2.06. The third-order valence-corrected chi connectivity index (χ3v) is 7.24. The predicted molar refractivity (Wildman–Crippen MR) is 158 cm³/mol. The van der Waals surface area contributed by atoms with Crippen molar-refractivity contribution >= 4 is 55.8 Å². The largest absolute Gasteiger partial charge is 0.387 e. The summed E-state index contributed by atoms with van der Waals surface area (Å²) in [5, 5.41) is 11.7. The molecule has 0 radical (unpaired) electrons. The van der Waals surface area contributed by atoms with Gasteiger partial charge in [-0.3, -0.25) is 4.79 Å². The number of fused-ring (bicyclic) bond motifs is 6. The maximum Gasteiger partial charge on any atom is 0.343 e. The van der Waals surface area contributed by atoms with Crippen molar-refractivity contribution in [2.45, 2.75) is 0 Å². The van der Waals surface area contributed by atoms with Crippen LogP contribution in [0.4, 0.5) is 6.01 Å². The maximum absolute atomic E-state index is 13.8. The summed E-state index contributed by atoms with van der Waals surface area (Å²) in [7, 11) is 0. The molecule has 40 heavy (non-hydrogen) atoms. The first-order valence-electron chi connectivity index (χ1n) is 12.8. The van der Waals surface area contributed by atoms with Gasteiger partial charge in [0.2, 0.25) is 0 Å². The molecule has 0 aliphatic heterocycles. The Hall–Kier alpha value is -5.76. The molecule has 0 saturated carbocycles. The van der Waals surface area contributed by atoms with Gasteiger partial charge in [0.15, 0.2) is 0 Å². The molecule has 190 valence electrons. The van der Waals surface area contributed by atoms with Crippen molar-refractivity contribution in [1.82, 2.24) is 24.7 Å². The summed E-state index contributed by atoms with van der Waals surface area (Å²) in [5.41, 5.74) is 6.06. The van der Waals surface area contributed by atoms with Gasteiger partial charge >= 0.3 is 12.0 Å². The molecule has 4 aromatic carbocycles. The summed E-state index contributed by atoms with van der Waals surface area (Å²) in [6.07, 6.45) is 1.73. The van der Waals surface area contributed by atoms with Crippen LogP contribution in [-0.2, 0) is 0 Å². The monoisotopic (exact) mass is 520 g/mol. The van der Waals surface area contributed by atoms with Crippen LogP contribution in [0.25, 0.3) is 60.9 Å². The number of aromatic amines is 2. The van der Waals surface area contributed by atoms with E-state index in [1.165, 1.54) is 4.57 Å². The van der Waals surface area contributed by atoms with E-state index >= 15 is 0 Å². The van der Waals surface area contributed by atoms with Crippen molar-refractivity contribution < 1.29 is 4.42 Å². The Labute approximate surface area is 226 Å². The van der Waals surface area contributed by atoms with Gasteiger partial charge in [0, 0.05) is 44.4 Å². The Morgan fingerprint density at radius 3 is 2.15 bits per heavy atom. The van der Waals surface area contributed by atoms with Crippen molar-refractivity contribution in [3.8, 4) is 17.3 Å². The fourth-order valence-electron chi connectivity index (χ4n) is 5.45. The number of nitrogens with one attached hydrogen (secondary N) is 2. The minimum atomic E-state index is -0.241. The predicted octanol–water partition coefficient (Wildman–Crippen LogP) is 6.91. The first-order valence-corrected chi connectivity index (χ1v) is 12.8. The number of aromatic nitrogens is 5. The fourth-order valence-corrected chi connectivity index (χ4v) is 5.45. The highest BCUT2D eigenvalue weighted by molar-refractivity contribution is 6.15. The molecular weight excluding hydrogens is 500 g/mol. The Bertz CT molecular complexity index is 2300. The standard InChI is InChI=1S/C32H20N6O2/c39-30-22-14-5-4-13-21(22)28-29(23-15-7-9-17-26(23)35-28)38(30)32-37-36-31(40-32)33-18-24-20-12-6-8-16-25(20)34-27(24)19-10-2-1-3-11-19/h1-18,34-35H. The molecule has 0 unspecified atom stereocenters. The van der Waals surface area contributed by atoms with Gasteiger partial charge in [0.25, 0.3) is 5.56 Å². The lowest BCUT2D eigenvalue weighted by Crippen LogP contribution is -2.19. The average molecular weight is 521 g/mol. The third-order valence-electron chi connectivity index (χ3n) is 7.24. The number of hydrogen-bond donors (Lipinski definition) is 2. The topological polar surface area (TPSA) is 105 Å². The molecule has 0 aliphatic carbocycles. The zero-order valence-corrected chi connectivity index (χ0v) is 21.0. The fraction of sp³-hybridized carbons (Fsp3) is 0. The van der Waals surface area contributed by atoms with Crippen molar-refractivity contribution in [3.05, 3.63) is 119 Å². The molecule has 8 rings (SSSR count). The normalized spacial score (nSPS) is 12.0. The van der Waals surface area contributed by atoms with Crippen molar-refractivity contribution in [2.24, 2.45) is 4.99 Å². The van der Waals surface area contributed by atoms with Crippen molar-refractivity contribution in [2.75, 3.05) is 0 Å². The van der Waals surface area contributed by atoms with E-state index in [1.807, 2.05) is 97.1 Å². The Kier molecular flexibility index (Phi) is 4.80. The van der Waals surface area contributed by atoms with Crippen LogP contribution in [-0.4, -0.2) is 30.9 Å². The van der Waals surface area contributed by atoms with Gasteiger partial charge in [-0.2, -0.15) is 0 Å². The van der Waals surface area contributed by atoms with Gasteiger partial charge in [-0.15, -0.1) is 0 Å². The molecule has 0 saturated heterocycles. The highest BCUT2D eigenvalue weighted by Gasteiger charge is 2.20. The van der Waals surface area contributed by atoms with Gasteiger partial charge < -0.3 is 14.4 Å². The van der Waals surface area contributed by atoms with E-state index in [-0.39, 0.29) is 17.6 Å². The van der Waals surface area contributed by atoms with Crippen molar-refractivity contribution in [1.29, 1.82) is 0 Å². The highest BCUT2D eigenvalue weighted by atomic mass is 16.4. The number of pyridine rings is 1. The Morgan fingerprint density at radius 2 is 1.35 bits per heavy atom. The summed E-state index contributed by atoms with van der Waals surface area (Å²) < 4.78 is 7.48. The molecule has 0 bridgehead atoms. The number of hydrogen-bond acceptors (Lipinski definition) is 5. The number of aliphatic imine (C=N–C) groups is 1. The highest BCUT2D eigenvalue weighted by Crippen LogP contribution is 2.32. The summed E-state index contributed by atoms with van der Waals surface area (Å²) in [6.45, 7) is 0. The van der Waals surface area contributed by atoms with Gasteiger partial charge in [-0.1, -0.05) is 95.1 Å². The second kappa shape index (κ2) is 8.64. The first-order chi connectivity index (χ1) is 19.8. The molecule has 8 nitrogen and oxygen atoms in total. The van der Waals surface area contributed by atoms with E-state index in [0.717, 1.165) is 49.5 Å². The number of rotatable bonds is 4. The smallest absolute Gasteiger partial charge is 0.343 e. The number of para-hydroxylation sites is 2. The zero-order chi connectivity index (χ0) is 26.6. The lowest BCUT2D eigenvalue weighted by atomic mass is 10.1. The van der Waals surface area contributed by atoms with Gasteiger partial charge in [-0.25, -0.2) is 9.56 Å². The lowest BCUT2D eigenvalue weighted by molar-refractivity contribution is 0.536. The van der Waals surface area contributed by atoms with E-state index in [0.29, 0.717) is 10.9 Å². The quantitative estimate of drug-likeness (QED) is 0.246. The molecular formula is C32H20N6O2. The summed E-state index contributed by atoms with van der Waals surface area (Å²) in [5.74, 6) is 0. The van der Waals surface area contributed by atoms with E-state index in [2.05, 4.69) is 25.2 Å². The van der Waals surface area contributed by atoms with Crippen LogP contribution in [0.1, 0.15) is 5.56 Å². The molecule has 8 heteroatoms. The molecule has 4 aromatic heterocycles. The van der Waals surface area contributed by atoms with Gasteiger partial charge in [-0.05, 0) is 23.8 Å². The van der Waals surface area contributed by atoms with E-state index < -0.39 is 0 Å². The van der Waals surface area contributed by atoms with Crippen molar-refractivity contribution in [3.63, 3.8) is 0 Å². The second-order valence-corrected chi connectivity index (χ2v) is 9.53. The zero-order valence-electron chi connectivity index (χ0n) is 21.0. The average Bonchev–Trinajstić information content (AvgIpc) is 3.73. The number of benzene rings is 4. The Morgan fingerprint density at radius 1 is 0.700 bits per heavy atom. The summed E-state index contributed by atoms with van der Waals surface area (Å²) >= 11 is 0. The molecule has 0 atom stereocenters. The van der Waals surface area contributed by atoms with Crippen LogP contribution in [0.15, 0.2) is 117 Å². The molecule has 2 N–H and O–H groups in total. The number of nitrogens with zero attached hydrogens (tertiary/aromatic N) is 4. The SMILES string of the molecule is O=c1c2ccccc2c2[nH]c3ccccc3c2n1-c1nnc(N=Cc2c(-c3ccccc3)[nH]c3ccccc23)o1. The maximum atomic E-state index is 13.8. The van der Waals surface area contributed by atoms with E-state index in [4.69, 9.17) is 4.42 Å². The molecule has 4 heterocycles. The molecule has 0 aliphatic rings. The number of H-pyrrole nitrogens is 2. The van der Waals surface area contributed by atoms with Gasteiger partial charge in [0.05, 0.1) is 16.7 Å². The molecule has 0 fully saturated rings. The molecule has 8 aromatic rings. The van der Waals surface area contributed by atoms with Crippen LogP contribution in [0.5, 0.6) is 0 Å². The van der Waals surface area contributed by atoms with Crippen LogP contribution in [0.3, 0.4) is 0 Å². The molecule has 0 spiro atoms. The summed E-state index contributed by atoms with van der Waals surface area (Å²) in [4.78, 5) is 25.3. The van der Waals surface area contributed by atoms with Crippen LogP contribution < -0.4 is 5.56 Å². The van der Waals surface area contributed by atoms with Crippen LogP contribution >= 0.6 is 0 Å².